The summed E-state index contributed by atoms with van der Waals surface area (Å²) in [6.07, 6.45) is 1.64. The Balaban J connectivity index is 2.50. The van der Waals surface area contributed by atoms with Crippen molar-refractivity contribution in [1.29, 1.82) is 0 Å². The second kappa shape index (κ2) is 4.27. The molecule has 0 bridgehead atoms. The number of nitrogens with two attached hydrogens (primary N) is 1. The Morgan fingerprint density at radius 3 is 3.12 bits per heavy atom. The maximum atomic E-state index is 9.71. The summed E-state index contributed by atoms with van der Waals surface area (Å²) in [6.45, 7) is 3.98. The fraction of sp³-hybridized carbons (Fsp3) is 0.364. The molecule has 0 spiro atoms. The zero-order valence-corrected chi connectivity index (χ0v) is 10.0. The van der Waals surface area contributed by atoms with Crippen molar-refractivity contribution in [3.8, 4) is 0 Å². The summed E-state index contributed by atoms with van der Waals surface area (Å²) >= 11 is 1.56. The molecule has 4 nitrogen and oxygen atoms in total. The second-order valence-electron chi connectivity index (χ2n) is 3.54. The number of fused-ring (bicyclic) bond motifs is 1. The average molecular weight is 238 g/mol. The molecule has 0 amide bonds. The molecule has 1 aromatic heterocycles. The number of rotatable bonds is 2. The molecule has 2 rings (SSSR count). The van der Waals surface area contributed by atoms with Gasteiger partial charge >= 0.3 is 0 Å². The lowest BCUT2D eigenvalue weighted by molar-refractivity contribution is -0.0710. The van der Waals surface area contributed by atoms with Gasteiger partial charge in [-0.25, -0.2) is 0 Å². The van der Waals surface area contributed by atoms with E-state index in [2.05, 4.69) is 4.99 Å². The first-order chi connectivity index (χ1) is 7.63. The van der Waals surface area contributed by atoms with Crippen molar-refractivity contribution in [2.75, 3.05) is 0 Å². The van der Waals surface area contributed by atoms with Crippen LogP contribution in [0.4, 0.5) is 0 Å². The zero-order chi connectivity index (χ0) is 11.7. The van der Waals surface area contributed by atoms with Crippen LogP contribution in [-0.4, -0.2) is 11.3 Å². The largest absolute Gasteiger partial charge is 0.444 e. The summed E-state index contributed by atoms with van der Waals surface area (Å²) in [4.78, 5) is 6.28. The van der Waals surface area contributed by atoms with Crippen molar-refractivity contribution in [3.63, 3.8) is 0 Å². The van der Waals surface area contributed by atoms with Crippen LogP contribution in [0.5, 0.6) is 0 Å². The number of nitrogens with zero attached hydrogens (tertiary/aromatic N) is 1. The van der Waals surface area contributed by atoms with Gasteiger partial charge in [-0.1, -0.05) is 6.92 Å². The monoisotopic (exact) mass is 238 g/mol. The Labute approximate surface area is 98.1 Å². The van der Waals surface area contributed by atoms with E-state index in [4.69, 9.17) is 10.5 Å². The van der Waals surface area contributed by atoms with E-state index >= 15 is 0 Å². The molecule has 0 radical (unpaired) electrons. The lowest BCUT2D eigenvalue weighted by Gasteiger charge is -2.20. The Bertz CT molecular complexity index is 463. The molecule has 1 atom stereocenters. The maximum Gasteiger partial charge on any atom is 0.227 e. The van der Waals surface area contributed by atoms with Crippen molar-refractivity contribution >= 4 is 23.2 Å². The van der Waals surface area contributed by atoms with E-state index in [0.29, 0.717) is 5.70 Å². The summed E-state index contributed by atoms with van der Waals surface area (Å²) in [6, 6.07) is 1.90. The molecule has 1 aromatic rings. The minimum Gasteiger partial charge on any atom is -0.444 e. The van der Waals surface area contributed by atoms with Crippen LogP contribution in [0.3, 0.4) is 0 Å². The molecule has 3 N–H and O–H groups in total. The standard InChI is InChI=1S/C11H14N2O2S/c1-3-4-13-8-9-7(5-6(2)16-9)11(14)15-10(8)12/h4-5,11,14H,3,12H2,1-2H3. The third-order valence-electron chi connectivity index (χ3n) is 2.24. The molecule has 0 fully saturated rings. The lowest BCUT2D eigenvalue weighted by Crippen LogP contribution is -2.16. The first kappa shape index (κ1) is 11.2. The number of aliphatic imine (C=N–C) groups is 1. The normalized spacial score (nSPS) is 20.1. The summed E-state index contributed by atoms with van der Waals surface area (Å²) in [7, 11) is 0. The molecular weight excluding hydrogens is 224 g/mol. The van der Waals surface area contributed by atoms with Crippen LogP contribution in [0.2, 0.25) is 0 Å². The van der Waals surface area contributed by atoms with Crippen LogP contribution in [0.1, 0.15) is 35.0 Å². The number of thiophene rings is 1. The van der Waals surface area contributed by atoms with Crippen LogP contribution < -0.4 is 5.73 Å². The highest BCUT2D eigenvalue weighted by Crippen LogP contribution is 2.39. The molecule has 1 unspecified atom stereocenters. The average Bonchev–Trinajstić information content (AvgIpc) is 2.60. The van der Waals surface area contributed by atoms with Gasteiger partial charge in [-0.15, -0.1) is 11.3 Å². The Hall–Kier alpha value is -1.33. The fourth-order valence-electron chi connectivity index (χ4n) is 1.56. The van der Waals surface area contributed by atoms with E-state index < -0.39 is 6.29 Å². The van der Waals surface area contributed by atoms with E-state index in [0.717, 1.165) is 21.7 Å². The fourth-order valence-corrected chi connectivity index (χ4v) is 2.59. The zero-order valence-electron chi connectivity index (χ0n) is 9.23. The summed E-state index contributed by atoms with van der Waals surface area (Å²) in [5, 5.41) is 9.71. The van der Waals surface area contributed by atoms with Gasteiger partial charge in [-0.3, -0.25) is 4.99 Å². The summed E-state index contributed by atoms with van der Waals surface area (Å²) in [5.74, 6) is 0.187. The highest BCUT2D eigenvalue weighted by Gasteiger charge is 2.27. The maximum absolute atomic E-state index is 9.71. The third-order valence-corrected chi connectivity index (χ3v) is 3.31. The smallest absolute Gasteiger partial charge is 0.227 e. The highest BCUT2D eigenvalue weighted by molar-refractivity contribution is 7.13. The number of hydrogen-bond donors (Lipinski definition) is 2. The van der Waals surface area contributed by atoms with E-state index in [9.17, 15) is 5.11 Å². The van der Waals surface area contributed by atoms with Crippen LogP contribution in [0.25, 0.3) is 5.70 Å². The molecule has 5 heteroatoms. The van der Waals surface area contributed by atoms with Crippen molar-refractivity contribution in [1.82, 2.24) is 0 Å². The van der Waals surface area contributed by atoms with Gasteiger partial charge in [0.05, 0.1) is 4.88 Å². The number of aryl methyl sites for hydroxylation is 1. The number of aliphatic hydroxyl groups excluding tert-OH is 1. The van der Waals surface area contributed by atoms with Crippen LogP contribution in [-0.2, 0) is 4.74 Å². The van der Waals surface area contributed by atoms with E-state index in [1.807, 2.05) is 19.9 Å². The van der Waals surface area contributed by atoms with Gasteiger partial charge in [0.15, 0.2) is 0 Å². The molecule has 2 heterocycles. The van der Waals surface area contributed by atoms with Gasteiger partial charge in [0.2, 0.25) is 12.2 Å². The molecule has 1 aliphatic rings. The van der Waals surface area contributed by atoms with Crippen LogP contribution in [0, 0.1) is 6.92 Å². The Kier molecular flexibility index (Phi) is 2.98. The van der Waals surface area contributed by atoms with Crippen LogP contribution in [0.15, 0.2) is 16.9 Å². The predicted octanol–water partition coefficient (Wildman–Crippen LogP) is 2.14. The number of aliphatic hydroxyl groups is 1. The topological polar surface area (TPSA) is 67.8 Å². The van der Waals surface area contributed by atoms with Gasteiger partial charge in [0, 0.05) is 16.7 Å². The molecule has 16 heavy (non-hydrogen) atoms. The molecule has 86 valence electrons. The second-order valence-corrected chi connectivity index (χ2v) is 4.80. The molecule has 0 aromatic carbocycles. The van der Waals surface area contributed by atoms with E-state index in [1.165, 1.54) is 0 Å². The molecule has 1 aliphatic heterocycles. The Morgan fingerprint density at radius 1 is 1.69 bits per heavy atom. The predicted molar refractivity (Wildman–Crippen MR) is 65.0 cm³/mol. The van der Waals surface area contributed by atoms with E-state index in [-0.39, 0.29) is 5.88 Å². The first-order valence-corrected chi connectivity index (χ1v) is 5.92. The SMILES string of the molecule is CCC=NC1=C(N)OC(O)c2cc(C)sc21. The van der Waals surface area contributed by atoms with Crippen LogP contribution >= 0.6 is 11.3 Å². The van der Waals surface area contributed by atoms with Gasteiger partial charge in [0.1, 0.15) is 5.70 Å². The molecule has 0 saturated heterocycles. The van der Waals surface area contributed by atoms with Gasteiger partial charge in [-0.2, -0.15) is 0 Å². The van der Waals surface area contributed by atoms with Crippen molar-refractivity contribution in [2.45, 2.75) is 26.6 Å². The van der Waals surface area contributed by atoms with Gasteiger partial charge < -0.3 is 15.6 Å². The number of hydrogen-bond acceptors (Lipinski definition) is 5. The molecule has 0 aliphatic carbocycles. The molecule has 0 saturated carbocycles. The van der Waals surface area contributed by atoms with Crippen molar-refractivity contribution < 1.29 is 9.84 Å². The highest BCUT2D eigenvalue weighted by atomic mass is 32.1. The number of ether oxygens (including phenoxy) is 1. The minimum atomic E-state index is -0.972. The lowest BCUT2D eigenvalue weighted by atomic mass is 10.1. The van der Waals surface area contributed by atoms with Gasteiger partial charge in [0.25, 0.3) is 0 Å². The quantitative estimate of drug-likeness (QED) is 0.776. The van der Waals surface area contributed by atoms with Crippen molar-refractivity contribution in [3.05, 3.63) is 27.3 Å². The van der Waals surface area contributed by atoms with Crippen molar-refractivity contribution in [2.24, 2.45) is 10.7 Å². The Morgan fingerprint density at radius 2 is 2.44 bits per heavy atom. The summed E-state index contributed by atoms with van der Waals surface area (Å²) < 4.78 is 5.14. The molecular formula is C11H14N2O2S. The first-order valence-electron chi connectivity index (χ1n) is 5.11. The summed E-state index contributed by atoms with van der Waals surface area (Å²) in [5.41, 5.74) is 7.10. The van der Waals surface area contributed by atoms with E-state index in [1.54, 1.807) is 17.6 Å². The van der Waals surface area contributed by atoms with Gasteiger partial charge in [-0.05, 0) is 19.4 Å². The third kappa shape index (κ3) is 1.83. The minimum absolute atomic E-state index is 0.187.